The van der Waals surface area contributed by atoms with Crippen molar-refractivity contribution in [2.45, 2.75) is 26.6 Å². The Morgan fingerprint density at radius 1 is 1.25 bits per heavy atom. The fourth-order valence-electron chi connectivity index (χ4n) is 3.24. The van der Waals surface area contributed by atoms with Gasteiger partial charge in [-0.05, 0) is 39.4 Å². The predicted molar refractivity (Wildman–Crippen MR) is 138 cm³/mol. The van der Waals surface area contributed by atoms with Crippen LogP contribution in [-0.2, 0) is 0 Å². The predicted octanol–water partition coefficient (Wildman–Crippen LogP) is 4.63. The van der Waals surface area contributed by atoms with E-state index in [4.69, 9.17) is 5.11 Å². The standard InChI is InChI=1S/C14H12N4OS2.C8H17FN2O.CH2F2/c1-8-13(21-9(2)16-8)11-7-20-14(17-11)18-12-4-3-10(6-19)5-15-12;1-10-4-5-11(3-2-6-12)7-8(10)9;2-1-3/h3-7H,1-2H3,(H,15,17,18);8,12H,2-7H2,1H3;1H2. The molecular weight excluding hydrogens is 513 g/mol. The van der Waals surface area contributed by atoms with Crippen molar-refractivity contribution in [3.63, 3.8) is 0 Å². The summed E-state index contributed by atoms with van der Waals surface area (Å²) in [5.74, 6) is 0.665. The maximum atomic E-state index is 13.1. The normalized spacial score (nSPS) is 15.9. The summed E-state index contributed by atoms with van der Waals surface area (Å²) in [5, 5.41) is 15.5. The molecule has 198 valence electrons. The van der Waals surface area contributed by atoms with Crippen LogP contribution in [0, 0.1) is 13.8 Å². The van der Waals surface area contributed by atoms with Crippen LogP contribution >= 0.6 is 22.7 Å². The van der Waals surface area contributed by atoms with Crippen molar-refractivity contribution in [3.8, 4) is 10.6 Å². The van der Waals surface area contributed by atoms with Gasteiger partial charge >= 0.3 is 0 Å². The van der Waals surface area contributed by atoms with E-state index in [1.165, 1.54) is 17.5 Å². The number of hydrogen-bond donors (Lipinski definition) is 2. The summed E-state index contributed by atoms with van der Waals surface area (Å²) >= 11 is 3.16. The number of carbonyl (C=O) groups is 1. The Balaban J connectivity index is 0.000000258. The van der Waals surface area contributed by atoms with E-state index in [9.17, 15) is 18.0 Å². The molecule has 1 atom stereocenters. The first-order valence-electron chi connectivity index (χ1n) is 11.2. The Hall–Kier alpha value is -2.45. The SMILES string of the molecule is CN1CCN(CCCO)CC1F.Cc1nc(C)c(-c2csc(Nc3ccc(C=O)cn3)n2)s1.FCF. The summed E-state index contributed by atoms with van der Waals surface area (Å²) in [5.41, 5.74) is 2.48. The number of nitrogens with zero attached hydrogens (tertiary/aromatic N) is 5. The number of likely N-dealkylation sites (N-methyl/N-ethyl adjacent to an activating group) is 1. The molecule has 4 rings (SSSR count). The molecule has 0 aromatic carbocycles. The van der Waals surface area contributed by atoms with Gasteiger partial charge in [0.25, 0.3) is 0 Å². The third-order valence-electron chi connectivity index (χ3n) is 5.09. The fourth-order valence-corrected chi connectivity index (χ4v) is 4.91. The molecule has 3 aromatic heterocycles. The lowest BCUT2D eigenvalue weighted by Crippen LogP contribution is -2.49. The molecule has 0 spiro atoms. The molecule has 0 bridgehead atoms. The summed E-state index contributed by atoms with van der Waals surface area (Å²) in [4.78, 5) is 28.6. The minimum absolute atomic E-state index is 0.198. The molecule has 3 aromatic rings. The van der Waals surface area contributed by atoms with Gasteiger partial charge in [0, 0.05) is 49.9 Å². The molecule has 1 fully saturated rings. The van der Waals surface area contributed by atoms with Crippen LogP contribution in [0.15, 0.2) is 23.7 Å². The second-order valence-electron chi connectivity index (χ2n) is 7.80. The average Bonchev–Trinajstić information content (AvgIpc) is 3.46. The number of carbonyl (C=O) groups excluding carboxylic acids is 1. The van der Waals surface area contributed by atoms with Crippen molar-refractivity contribution < 1.29 is 23.1 Å². The monoisotopic (exact) mass is 544 g/mol. The number of aldehydes is 1. The summed E-state index contributed by atoms with van der Waals surface area (Å²) in [6.45, 7) is 5.42. The zero-order chi connectivity index (χ0) is 26.5. The quantitative estimate of drug-likeness (QED) is 0.329. The van der Waals surface area contributed by atoms with Crippen LogP contribution in [0.3, 0.4) is 0 Å². The fraction of sp³-hybridized carbons (Fsp3) is 0.478. The molecule has 2 N–H and O–H groups in total. The molecule has 13 heteroatoms. The van der Waals surface area contributed by atoms with Gasteiger partial charge in [0.15, 0.2) is 17.7 Å². The zero-order valence-corrected chi connectivity index (χ0v) is 22.1. The number of aliphatic hydroxyl groups is 1. The van der Waals surface area contributed by atoms with Crippen molar-refractivity contribution in [1.82, 2.24) is 24.8 Å². The average molecular weight is 545 g/mol. The number of rotatable bonds is 7. The number of anilines is 2. The van der Waals surface area contributed by atoms with Gasteiger partial charge in [-0.15, -0.1) is 22.7 Å². The maximum absolute atomic E-state index is 13.1. The summed E-state index contributed by atoms with van der Waals surface area (Å²) in [6.07, 6.45) is 2.21. The lowest BCUT2D eigenvalue weighted by atomic mass is 10.3. The number of pyridine rings is 1. The molecule has 8 nitrogen and oxygen atoms in total. The van der Waals surface area contributed by atoms with Gasteiger partial charge in [0.1, 0.15) is 5.82 Å². The molecule has 0 amide bonds. The first-order valence-corrected chi connectivity index (χ1v) is 12.9. The van der Waals surface area contributed by atoms with Gasteiger partial charge in [-0.2, -0.15) is 0 Å². The van der Waals surface area contributed by atoms with Crippen LogP contribution < -0.4 is 5.32 Å². The number of thiazole rings is 2. The molecule has 0 saturated carbocycles. The van der Waals surface area contributed by atoms with Crippen molar-refractivity contribution >= 4 is 39.9 Å². The van der Waals surface area contributed by atoms with Gasteiger partial charge in [0.2, 0.25) is 6.93 Å². The van der Waals surface area contributed by atoms with Gasteiger partial charge in [-0.25, -0.2) is 28.1 Å². The number of nitrogens with one attached hydrogen (secondary N) is 1. The highest BCUT2D eigenvalue weighted by atomic mass is 32.1. The van der Waals surface area contributed by atoms with Crippen LogP contribution in [0.5, 0.6) is 0 Å². The van der Waals surface area contributed by atoms with E-state index in [-0.39, 0.29) is 6.61 Å². The molecule has 1 saturated heterocycles. The summed E-state index contributed by atoms with van der Waals surface area (Å²) in [6, 6.07) is 3.47. The van der Waals surface area contributed by atoms with E-state index < -0.39 is 13.2 Å². The Morgan fingerprint density at radius 2 is 2.00 bits per heavy atom. The number of aryl methyl sites for hydroxylation is 2. The largest absolute Gasteiger partial charge is 0.396 e. The van der Waals surface area contributed by atoms with Crippen molar-refractivity contribution in [2.75, 3.05) is 52.1 Å². The number of aliphatic hydroxyl groups excluding tert-OH is 1. The van der Waals surface area contributed by atoms with Crippen molar-refractivity contribution in [2.24, 2.45) is 0 Å². The van der Waals surface area contributed by atoms with E-state index in [1.54, 1.807) is 35.4 Å². The molecule has 36 heavy (non-hydrogen) atoms. The number of hydrogen-bond acceptors (Lipinski definition) is 10. The lowest BCUT2D eigenvalue weighted by Gasteiger charge is -2.35. The second kappa shape index (κ2) is 15.6. The van der Waals surface area contributed by atoms with Crippen LogP contribution in [0.1, 0.15) is 27.5 Å². The van der Waals surface area contributed by atoms with Crippen LogP contribution in [0.25, 0.3) is 10.6 Å². The number of halogens is 3. The highest BCUT2D eigenvalue weighted by Crippen LogP contribution is 2.32. The molecule has 0 aliphatic carbocycles. The first-order chi connectivity index (χ1) is 17.3. The lowest BCUT2D eigenvalue weighted by molar-refractivity contribution is 0.0160. The van der Waals surface area contributed by atoms with Crippen molar-refractivity contribution in [1.29, 1.82) is 0 Å². The number of piperazine rings is 1. The Labute approximate surface area is 216 Å². The third kappa shape index (κ3) is 9.54. The van der Waals surface area contributed by atoms with Gasteiger partial charge in [-0.1, -0.05) is 0 Å². The molecule has 1 unspecified atom stereocenters. The van der Waals surface area contributed by atoms with Crippen LogP contribution in [0.4, 0.5) is 24.1 Å². The number of alkyl halides is 3. The molecular formula is C23H31F3N6O2S2. The Morgan fingerprint density at radius 3 is 2.56 bits per heavy atom. The third-order valence-corrected chi connectivity index (χ3v) is 6.94. The van der Waals surface area contributed by atoms with Gasteiger partial charge < -0.3 is 10.4 Å². The first kappa shape index (κ1) is 29.8. The molecule has 4 heterocycles. The Bertz CT molecular complexity index is 1050. The molecule has 0 radical (unpaired) electrons. The zero-order valence-electron chi connectivity index (χ0n) is 20.5. The van der Waals surface area contributed by atoms with E-state index >= 15 is 0 Å². The minimum Gasteiger partial charge on any atom is -0.396 e. The van der Waals surface area contributed by atoms with Crippen LogP contribution in [0.2, 0.25) is 0 Å². The molecule has 1 aliphatic rings. The van der Waals surface area contributed by atoms with E-state index in [0.717, 1.165) is 58.7 Å². The van der Waals surface area contributed by atoms with Gasteiger partial charge in [-0.3, -0.25) is 14.6 Å². The smallest absolute Gasteiger partial charge is 0.229 e. The van der Waals surface area contributed by atoms with Gasteiger partial charge in [0.05, 0.1) is 21.3 Å². The second-order valence-corrected chi connectivity index (χ2v) is 9.86. The maximum Gasteiger partial charge on any atom is 0.229 e. The highest BCUT2D eigenvalue weighted by molar-refractivity contribution is 7.16. The molecule has 1 aliphatic heterocycles. The minimum atomic E-state index is -1.75. The summed E-state index contributed by atoms with van der Waals surface area (Å²) < 4.78 is 32.3. The van der Waals surface area contributed by atoms with E-state index in [1.807, 2.05) is 19.2 Å². The highest BCUT2D eigenvalue weighted by Gasteiger charge is 2.22. The topological polar surface area (TPSA) is 94.5 Å². The van der Waals surface area contributed by atoms with Crippen LogP contribution in [-0.4, -0.2) is 89.2 Å². The Kier molecular flexibility index (Phi) is 12.9. The summed E-state index contributed by atoms with van der Waals surface area (Å²) in [7, 11) is 1.80. The van der Waals surface area contributed by atoms with E-state index in [2.05, 4.69) is 25.2 Å². The number of aromatic nitrogens is 3. The van der Waals surface area contributed by atoms with Crippen molar-refractivity contribution in [3.05, 3.63) is 40.0 Å². The van der Waals surface area contributed by atoms with E-state index in [0.29, 0.717) is 17.9 Å².